The SMILES string of the molecule is C=C(C(=O)[O-])C(C)(CC(=O)Oc1cccc(C)c1)C(=O)[O-]. The second kappa shape index (κ2) is 6.21. The number of benzene rings is 1. The molecule has 0 saturated heterocycles. The number of aliphatic carboxylic acids is 2. The average Bonchev–Trinajstić information content (AvgIpc) is 2.36. The Morgan fingerprint density at radius 3 is 2.38 bits per heavy atom. The molecule has 0 radical (unpaired) electrons. The maximum Gasteiger partial charge on any atom is 0.312 e. The van der Waals surface area contributed by atoms with Crippen molar-refractivity contribution in [1.82, 2.24) is 0 Å². The van der Waals surface area contributed by atoms with Crippen LogP contribution in [0.15, 0.2) is 36.4 Å². The lowest BCUT2D eigenvalue weighted by molar-refractivity contribution is -0.321. The van der Waals surface area contributed by atoms with Gasteiger partial charge in [-0.25, -0.2) is 0 Å². The zero-order chi connectivity index (χ0) is 16.2. The number of hydrogen-bond donors (Lipinski definition) is 0. The zero-order valence-electron chi connectivity index (χ0n) is 11.7. The van der Waals surface area contributed by atoms with Crippen molar-refractivity contribution in [3.8, 4) is 5.75 Å². The first-order chi connectivity index (χ1) is 9.66. The van der Waals surface area contributed by atoms with Gasteiger partial charge in [-0.2, -0.15) is 0 Å². The van der Waals surface area contributed by atoms with Gasteiger partial charge in [0, 0.05) is 5.41 Å². The minimum Gasteiger partial charge on any atom is -0.549 e. The van der Waals surface area contributed by atoms with Crippen LogP contribution in [0.5, 0.6) is 5.75 Å². The van der Waals surface area contributed by atoms with Crippen LogP contribution in [0, 0.1) is 12.3 Å². The van der Waals surface area contributed by atoms with Crippen LogP contribution in [0.3, 0.4) is 0 Å². The molecule has 0 saturated carbocycles. The summed E-state index contributed by atoms with van der Waals surface area (Å²) in [6.45, 7) is 5.95. The Morgan fingerprint density at radius 1 is 1.29 bits per heavy atom. The molecule has 0 aromatic heterocycles. The highest BCUT2D eigenvalue weighted by Crippen LogP contribution is 2.30. The summed E-state index contributed by atoms with van der Waals surface area (Å²) >= 11 is 0. The normalized spacial score (nSPS) is 13.0. The topological polar surface area (TPSA) is 107 Å². The maximum atomic E-state index is 11.8. The molecule has 1 aromatic carbocycles. The van der Waals surface area contributed by atoms with Crippen LogP contribution >= 0.6 is 0 Å². The van der Waals surface area contributed by atoms with Gasteiger partial charge in [-0.1, -0.05) is 18.7 Å². The maximum absolute atomic E-state index is 11.8. The number of esters is 1. The minimum absolute atomic E-state index is 0.236. The third-order valence-electron chi connectivity index (χ3n) is 3.08. The van der Waals surface area contributed by atoms with Crippen LogP contribution in [0.1, 0.15) is 18.9 Å². The van der Waals surface area contributed by atoms with Gasteiger partial charge in [0.15, 0.2) is 0 Å². The molecule has 21 heavy (non-hydrogen) atoms. The molecule has 0 fully saturated rings. The monoisotopic (exact) mass is 290 g/mol. The van der Waals surface area contributed by atoms with Gasteiger partial charge in [-0.15, -0.1) is 0 Å². The van der Waals surface area contributed by atoms with Gasteiger partial charge in [-0.05, 0) is 37.1 Å². The van der Waals surface area contributed by atoms with E-state index < -0.39 is 35.3 Å². The third-order valence-corrected chi connectivity index (χ3v) is 3.08. The van der Waals surface area contributed by atoms with E-state index in [1.807, 2.05) is 0 Å². The summed E-state index contributed by atoms with van der Waals surface area (Å²) in [7, 11) is 0. The fourth-order valence-corrected chi connectivity index (χ4v) is 1.66. The number of carboxylic acid groups (broad SMARTS) is 2. The van der Waals surface area contributed by atoms with Crippen molar-refractivity contribution in [2.24, 2.45) is 5.41 Å². The molecule has 0 N–H and O–H groups in total. The Kier molecular flexibility index (Phi) is 4.86. The fraction of sp³-hybridized carbons (Fsp3) is 0.267. The van der Waals surface area contributed by atoms with Crippen LogP contribution in [-0.2, 0) is 14.4 Å². The van der Waals surface area contributed by atoms with Crippen molar-refractivity contribution in [3.63, 3.8) is 0 Å². The molecular formula is C15H14O6-2. The molecule has 1 unspecified atom stereocenters. The molecule has 0 aliphatic rings. The number of carbonyl (C=O) groups excluding carboxylic acids is 3. The Balaban J connectivity index is 2.90. The van der Waals surface area contributed by atoms with E-state index in [4.69, 9.17) is 4.74 Å². The quantitative estimate of drug-likeness (QED) is 0.391. The molecule has 112 valence electrons. The van der Waals surface area contributed by atoms with Crippen molar-refractivity contribution in [3.05, 3.63) is 42.0 Å². The van der Waals surface area contributed by atoms with Gasteiger partial charge in [0.05, 0.1) is 18.4 Å². The highest BCUT2D eigenvalue weighted by Gasteiger charge is 2.34. The van der Waals surface area contributed by atoms with Crippen molar-refractivity contribution in [2.75, 3.05) is 0 Å². The number of carboxylic acids is 2. The molecule has 0 aliphatic carbocycles. The van der Waals surface area contributed by atoms with Crippen molar-refractivity contribution in [2.45, 2.75) is 20.3 Å². The van der Waals surface area contributed by atoms with E-state index in [9.17, 15) is 24.6 Å². The molecule has 1 aromatic rings. The zero-order valence-corrected chi connectivity index (χ0v) is 11.7. The molecule has 0 aliphatic heterocycles. The first-order valence-electron chi connectivity index (χ1n) is 6.06. The van der Waals surface area contributed by atoms with E-state index in [0.29, 0.717) is 0 Å². The van der Waals surface area contributed by atoms with Gasteiger partial charge in [-0.3, -0.25) is 4.79 Å². The minimum atomic E-state index is -2.10. The van der Waals surface area contributed by atoms with E-state index in [-0.39, 0.29) is 5.75 Å². The molecule has 1 rings (SSSR count). The van der Waals surface area contributed by atoms with Crippen LogP contribution in [0.4, 0.5) is 0 Å². The van der Waals surface area contributed by atoms with E-state index in [2.05, 4.69) is 6.58 Å². The summed E-state index contributed by atoms with van der Waals surface area (Å²) in [6.07, 6.45) is -0.726. The Bertz CT molecular complexity index is 604. The first-order valence-corrected chi connectivity index (χ1v) is 6.06. The van der Waals surface area contributed by atoms with Gasteiger partial charge >= 0.3 is 5.97 Å². The standard InChI is InChI=1S/C15H16O6/c1-9-5-4-6-11(7-9)21-12(16)8-15(3,14(19)20)10(2)13(17)18/h4-7H,2,8H2,1,3H3,(H,17,18)(H,19,20)/p-2. The molecule has 6 nitrogen and oxygen atoms in total. The Hall–Kier alpha value is -2.63. The summed E-state index contributed by atoms with van der Waals surface area (Å²) in [5, 5.41) is 21.9. The summed E-state index contributed by atoms with van der Waals surface area (Å²) < 4.78 is 4.99. The van der Waals surface area contributed by atoms with Gasteiger partial charge in [0.2, 0.25) is 0 Å². The molecule has 0 heterocycles. The predicted octanol–water partition coefficient (Wildman–Crippen LogP) is -0.647. The van der Waals surface area contributed by atoms with E-state index >= 15 is 0 Å². The number of carbonyl (C=O) groups is 3. The molecule has 1 atom stereocenters. The number of hydrogen-bond acceptors (Lipinski definition) is 6. The highest BCUT2D eigenvalue weighted by molar-refractivity contribution is 5.96. The van der Waals surface area contributed by atoms with Crippen LogP contribution in [0.2, 0.25) is 0 Å². The van der Waals surface area contributed by atoms with Gasteiger partial charge < -0.3 is 24.5 Å². The van der Waals surface area contributed by atoms with Crippen LogP contribution in [0.25, 0.3) is 0 Å². The molecule has 0 spiro atoms. The lowest BCUT2D eigenvalue weighted by Crippen LogP contribution is -2.47. The summed E-state index contributed by atoms with van der Waals surface area (Å²) in [5.74, 6) is -4.17. The van der Waals surface area contributed by atoms with Crippen molar-refractivity contribution < 1.29 is 29.3 Å². The molecule has 0 amide bonds. The molecular weight excluding hydrogens is 276 g/mol. The van der Waals surface area contributed by atoms with Crippen molar-refractivity contribution >= 4 is 17.9 Å². The Morgan fingerprint density at radius 2 is 1.90 bits per heavy atom. The third kappa shape index (κ3) is 3.92. The summed E-state index contributed by atoms with van der Waals surface area (Å²) in [4.78, 5) is 33.7. The largest absolute Gasteiger partial charge is 0.549 e. The van der Waals surface area contributed by atoms with Crippen LogP contribution in [-0.4, -0.2) is 17.9 Å². The second-order valence-corrected chi connectivity index (χ2v) is 4.85. The summed E-state index contributed by atoms with van der Waals surface area (Å²) in [5.41, 5.74) is -1.99. The summed E-state index contributed by atoms with van der Waals surface area (Å²) in [6, 6.07) is 6.56. The number of aryl methyl sites for hydroxylation is 1. The van der Waals surface area contributed by atoms with E-state index in [1.165, 1.54) is 6.07 Å². The lowest BCUT2D eigenvalue weighted by Gasteiger charge is -2.32. The average molecular weight is 290 g/mol. The second-order valence-electron chi connectivity index (χ2n) is 4.85. The smallest absolute Gasteiger partial charge is 0.312 e. The first kappa shape index (κ1) is 16.4. The Labute approximate surface area is 121 Å². The number of rotatable bonds is 6. The van der Waals surface area contributed by atoms with E-state index in [0.717, 1.165) is 12.5 Å². The molecule has 6 heteroatoms. The fourth-order valence-electron chi connectivity index (χ4n) is 1.66. The molecule has 0 bridgehead atoms. The van der Waals surface area contributed by atoms with Crippen molar-refractivity contribution in [1.29, 1.82) is 0 Å². The lowest BCUT2D eigenvalue weighted by atomic mass is 9.80. The van der Waals surface area contributed by atoms with Gasteiger partial charge in [0.1, 0.15) is 5.75 Å². The van der Waals surface area contributed by atoms with Gasteiger partial charge in [0.25, 0.3) is 0 Å². The number of ether oxygens (including phenoxy) is 1. The predicted molar refractivity (Wildman–Crippen MR) is 68.7 cm³/mol. The van der Waals surface area contributed by atoms with Crippen LogP contribution < -0.4 is 14.9 Å². The highest BCUT2D eigenvalue weighted by atomic mass is 16.5. The van der Waals surface area contributed by atoms with E-state index in [1.54, 1.807) is 25.1 Å².